The van der Waals surface area contributed by atoms with E-state index in [2.05, 4.69) is 11.2 Å². The normalized spacial score (nSPS) is 11.4. The molecule has 0 bridgehead atoms. The van der Waals surface area contributed by atoms with Crippen LogP contribution in [0.4, 0.5) is 13.2 Å². The molecule has 0 aromatic heterocycles. The lowest BCUT2D eigenvalue weighted by Crippen LogP contribution is -2.21. The highest BCUT2D eigenvalue weighted by Gasteiger charge is 2.38. The quantitative estimate of drug-likeness (QED) is 0.552. The Morgan fingerprint density at radius 3 is 1.42 bits per heavy atom. The second kappa shape index (κ2) is 4.54. The largest absolute Gasteiger partial charge is 0.490 e. The number of carboxylic acid groups (broad SMARTS) is 1. The first-order valence-corrected chi connectivity index (χ1v) is 4.34. The molecule has 12 heavy (non-hydrogen) atoms. The summed E-state index contributed by atoms with van der Waals surface area (Å²) in [6.45, 7) is 0. The number of rotatable bonds is 0. The number of hydrogen-bond donors (Lipinski definition) is 3. The average Bonchev–Trinajstić information content (AvgIpc) is 1.55. The molecule has 74 valence electrons. The van der Waals surface area contributed by atoms with E-state index in [1.165, 1.54) is 0 Å². The molecule has 5 nitrogen and oxygen atoms in total. The van der Waals surface area contributed by atoms with Crippen LogP contribution in [0.3, 0.4) is 0 Å². The van der Waals surface area contributed by atoms with Crippen molar-refractivity contribution < 1.29 is 36.4 Å². The zero-order valence-electron chi connectivity index (χ0n) is 5.11. The van der Waals surface area contributed by atoms with Gasteiger partial charge in [0.05, 0.1) is 0 Å². The lowest BCUT2D eigenvalue weighted by atomic mass is 10.7. The summed E-state index contributed by atoms with van der Waals surface area (Å²) in [6, 6.07) is 0. The van der Waals surface area contributed by atoms with E-state index >= 15 is 0 Å². The molecule has 0 unspecified atom stereocenters. The van der Waals surface area contributed by atoms with Crippen molar-refractivity contribution in [3.63, 3.8) is 0 Å². The molecule has 0 atom stereocenters. The molecule has 0 saturated carbocycles. The van der Waals surface area contributed by atoms with Crippen LogP contribution in [0, 0.1) is 0 Å². The minimum Gasteiger partial charge on any atom is -0.475 e. The van der Waals surface area contributed by atoms with Crippen molar-refractivity contribution in [2.45, 2.75) is 6.18 Å². The third-order valence-corrected chi connectivity index (χ3v) is 0.243. The zero-order valence-corrected chi connectivity index (χ0v) is 6.74. The molecular formula is C2H3F3O5S2. The number of alkyl halides is 3. The minimum atomic E-state index is -5.08. The molecular weight excluding hydrogens is 225 g/mol. The molecule has 10 heteroatoms. The summed E-state index contributed by atoms with van der Waals surface area (Å²) < 4.78 is 55.7. The maximum Gasteiger partial charge on any atom is 0.490 e. The Hall–Kier alpha value is -0.450. The van der Waals surface area contributed by atoms with E-state index in [1.807, 2.05) is 0 Å². The van der Waals surface area contributed by atoms with E-state index in [1.54, 1.807) is 0 Å². The molecule has 0 aromatic carbocycles. The molecule has 0 heterocycles. The molecule has 0 spiro atoms. The van der Waals surface area contributed by atoms with Gasteiger partial charge in [0.1, 0.15) is 0 Å². The van der Waals surface area contributed by atoms with Crippen LogP contribution in [0.25, 0.3) is 0 Å². The maximum atomic E-state index is 10.6. The van der Waals surface area contributed by atoms with Gasteiger partial charge in [-0.2, -0.15) is 17.4 Å². The summed E-state index contributed by atoms with van der Waals surface area (Å²) in [7, 11) is -3.83. The smallest absolute Gasteiger partial charge is 0.475 e. The first-order valence-electron chi connectivity index (χ1n) is 1.94. The van der Waals surface area contributed by atoms with E-state index in [0.717, 1.165) is 0 Å². The predicted octanol–water partition coefficient (Wildman–Crippen LogP) is 0.312. The molecule has 0 fully saturated rings. The Labute approximate surface area is 69.5 Å². The van der Waals surface area contributed by atoms with Crippen molar-refractivity contribution in [2.24, 2.45) is 0 Å². The predicted molar refractivity (Wildman–Crippen MR) is 34.5 cm³/mol. The summed E-state index contributed by atoms with van der Waals surface area (Å²) in [5.74, 6) is -2.76. The zero-order chi connectivity index (χ0) is 10.6. The van der Waals surface area contributed by atoms with Crippen LogP contribution in [0.2, 0.25) is 0 Å². The van der Waals surface area contributed by atoms with Gasteiger partial charge in [0.15, 0.2) is 0 Å². The molecule has 0 aliphatic heterocycles. The molecule has 0 amide bonds. The highest BCUT2D eigenvalue weighted by Crippen LogP contribution is 2.13. The number of carboxylic acids is 1. The van der Waals surface area contributed by atoms with Gasteiger partial charge in [-0.15, -0.1) is 0 Å². The van der Waals surface area contributed by atoms with Gasteiger partial charge in [0, 0.05) is 11.2 Å². The minimum absolute atomic E-state index is 2.76. The number of aliphatic carboxylic acids is 1. The standard InChI is InChI=1S/C2HF3O2.H2O3S2/c3-2(4,5)1(6)7;1-5(2,3)4/h(H,6,7);(H2,1,2,3,4). The summed E-state index contributed by atoms with van der Waals surface area (Å²) in [6.07, 6.45) is -5.08. The number of hydrogen-bond acceptors (Lipinski definition) is 3. The van der Waals surface area contributed by atoms with E-state index in [9.17, 15) is 13.2 Å². The van der Waals surface area contributed by atoms with Crippen LogP contribution >= 0.6 is 0 Å². The first-order chi connectivity index (χ1) is 4.94. The lowest BCUT2D eigenvalue weighted by molar-refractivity contribution is -0.192. The third kappa shape index (κ3) is 22.7. The summed E-state index contributed by atoms with van der Waals surface area (Å²) in [5.41, 5.74) is 0. The first kappa shape index (κ1) is 14.1. The van der Waals surface area contributed by atoms with Crippen LogP contribution in [0.1, 0.15) is 0 Å². The van der Waals surface area contributed by atoms with E-state index in [-0.39, 0.29) is 0 Å². The number of carbonyl (C=O) groups is 1. The summed E-state index contributed by atoms with van der Waals surface area (Å²) in [4.78, 5) is 8.90. The second-order valence-electron chi connectivity index (χ2n) is 1.25. The lowest BCUT2D eigenvalue weighted by Gasteiger charge is -1.93. The van der Waals surface area contributed by atoms with Gasteiger partial charge >= 0.3 is 12.1 Å². The fraction of sp³-hybridized carbons (Fsp3) is 0.500. The maximum absolute atomic E-state index is 10.6. The topological polar surface area (TPSA) is 94.8 Å². The molecule has 0 radical (unpaired) electrons. The molecule has 0 aliphatic rings. The third-order valence-electron chi connectivity index (χ3n) is 0.243. The fourth-order valence-electron chi connectivity index (χ4n) is 0. The highest BCUT2D eigenvalue weighted by atomic mass is 32.9. The SMILES string of the molecule is O=C(O)C(F)(F)F.O=S(O)(O)=S. The molecule has 0 aliphatic carbocycles. The molecule has 0 saturated heterocycles. The van der Waals surface area contributed by atoms with Crippen molar-refractivity contribution in [3.8, 4) is 0 Å². The molecule has 0 aromatic rings. The van der Waals surface area contributed by atoms with Crippen LogP contribution in [0.5, 0.6) is 0 Å². The van der Waals surface area contributed by atoms with Crippen molar-refractivity contribution in [1.82, 2.24) is 0 Å². The molecule has 3 N–H and O–H groups in total. The Bertz CT molecular complexity index is 232. The summed E-state index contributed by atoms with van der Waals surface area (Å²) in [5, 5.41) is 7.12. The van der Waals surface area contributed by atoms with Crippen molar-refractivity contribution in [2.75, 3.05) is 0 Å². The van der Waals surface area contributed by atoms with Gasteiger partial charge < -0.3 is 5.11 Å². The van der Waals surface area contributed by atoms with Crippen LogP contribution < -0.4 is 0 Å². The van der Waals surface area contributed by atoms with Gasteiger partial charge in [0.25, 0.3) is 9.05 Å². The second-order valence-corrected chi connectivity index (χ2v) is 3.45. The Kier molecular flexibility index (Phi) is 5.34. The highest BCUT2D eigenvalue weighted by molar-refractivity contribution is 8.26. The van der Waals surface area contributed by atoms with Crippen molar-refractivity contribution >= 4 is 26.2 Å². The summed E-state index contributed by atoms with van der Waals surface area (Å²) >= 11 is 3.47. The average molecular weight is 228 g/mol. The van der Waals surface area contributed by atoms with Crippen LogP contribution in [-0.2, 0) is 25.0 Å². The van der Waals surface area contributed by atoms with Crippen molar-refractivity contribution in [1.29, 1.82) is 0 Å². The van der Waals surface area contributed by atoms with E-state index in [0.29, 0.717) is 0 Å². The molecule has 0 rings (SSSR count). The van der Waals surface area contributed by atoms with Crippen LogP contribution in [-0.4, -0.2) is 30.6 Å². The monoisotopic (exact) mass is 228 g/mol. The van der Waals surface area contributed by atoms with Gasteiger partial charge in [-0.3, -0.25) is 9.11 Å². The van der Waals surface area contributed by atoms with Gasteiger partial charge in [-0.1, -0.05) is 0 Å². The number of halogens is 3. The fourth-order valence-corrected chi connectivity index (χ4v) is 0. The Morgan fingerprint density at radius 2 is 1.42 bits per heavy atom. The van der Waals surface area contributed by atoms with Crippen molar-refractivity contribution in [3.05, 3.63) is 0 Å². The van der Waals surface area contributed by atoms with Gasteiger partial charge in [-0.05, 0) is 0 Å². The Morgan fingerprint density at radius 1 is 1.33 bits per heavy atom. The van der Waals surface area contributed by atoms with Gasteiger partial charge in [-0.25, -0.2) is 4.79 Å². The van der Waals surface area contributed by atoms with E-state index < -0.39 is 21.2 Å². The van der Waals surface area contributed by atoms with E-state index in [4.69, 9.17) is 23.2 Å². The van der Waals surface area contributed by atoms with Crippen LogP contribution in [0.15, 0.2) is 0 Å². The van der Waals surface area contributed by atoms with Gasteiger partial charge in [0.2, 0.25) is 0 Å². The Balaban J connectivity index is 0.